The molecule has 398 valence electrons. The molecule has 0 aliphatic heterocycles. The number of phenolic OH excluding ortho intramolecular Hbond substituents is 1. The fraction of sp³-hybridized carbons (Fsp3) is 0.388. The quantitative estimate of drug-likeness (QED) is 0.0293. The van der Waals surface area contributed by atoms with Crippen molar-refractivity contribution in [1.82, 2.24) is 42.2 Å². The number of carboxylic acids is 2. The number of para-hydroxylation sites is 1. The van der Waals surface area contributed by atoms with Crippen LogP contribution in [0.15, 0.2) is 85.1 Å². The van der Waals surface area contributed by atoms with Gasteiger partial charge < -0.3 is 69.0 Å². The van der Waals surface area contributed by atoms with Crippen LogP contribution < -0.4 is 48.7 Å². The monoisotopic (exact) mass is 1060 g/mol. The number of amides is 8. The topological polar surface area (TPSA) is 383 Å². The third-order valence-corrected chi connectivity index (χ3v) is 12.6. The molecule has 0 aliphatic rings. The molecule has 23 nitrogen and oxygen atoms in total. The van der Waals surface area contributed by atoms with Crippen molar-refractivity contribution < 1.29 is 63.3 Å². The van der Waals surface area contributed by atoms with Gasteiger partial charge in [-0.25, -0.2) is 0 Å². The lowest BCUT2D eigenvalue weighted by Gasteiger charge is -2.26. The molecule has 0 bridgehead atoms. The second kappa shape index (κ2) is 29.8. The highest BCUT2D eigenvalue weighted by atomic mass is 32.2. The van der Waals surface area contributed by atoms with Crippen LogP contribution in [0.4, 0.5) is 0 Å². The highest BCUT2D eigenvalue weighted by Gasteiger charge is 2.34. The summed E-state index contributed by atoms with van der Waals surface area (Å²) in [4.78, 5) is 135. The molecular formula is C49H62N10O13S2. The van der Waals surface area contributed by atoms with Crippen molar-refractivity contribution >= 4 is 93.6 Å². The summed E-state index contributed by atoms with van der Waals surface area (Å²) in [7, 11) is 0. The summed E-state index contributed by atoms with van der Waals surface area (Å²) in [6.45, 7) is -0.710. The number of aromatic hydroxyl groups is 1. The van der Waals surface area contributed by atoms with Crippen molar-refractivity contribution in [2.75, 3.05) is 30.6 Å². The number of hydrogen-bond donors (Lipinski definition) is 13. The fourth-order valence-electron chi connectivity index (χ4n) is 7.46. The third-order valence-electron chi connectivity index (χ3n) is 11.4. The third kappa shape index (κ3) is 19.4. The van der Waals surface area contributed by atoms with Crippen LogP contribution in [-0.2, 0) is 67.2 Å². The number of aromatic amines is 1. The van der Waals surface area contributed by atoms with E-state index >= 15 is 0 Å². The van der Waals surface area contributed by atoms with Gasteiger partial charge in [0.05, 0.1) is 25.4 Å². The van der Waals surface area contributed by atoms with Crippen LogP contribution in [0, 0.1) is 0 Å². The standard InChI is InChI=1S/C49H62N10O13S2/c1-73-18-16-34(55-47(70)37(21-28-12-14-30(60)15-13-28)58-44(67)32(50)23-41(62)63)45(68)53-26-40(61)54-38(22-29-25-52-33-11-7-6-10-31(29)33)48(71)56-35(17-19-74-2)46(69)59-39(24-42(64)65)49(72)57-36(43(51)66)20-27-8-4-3-5-9-27/h3-15,25,32,34-39,52,60H,16-24,26,50H2,1-2H3,(H2,51,66)(H,53,68)(H,54,61)(H,55,70)(H,56,71)(H,57,72)(H,58,67)(H,59,69)(H,62,63)(H,64,65)/t32-,34+,35-,36+,37-,38+,39-/m0/s1. The van der Waals surface area contributed by atoms with E-state index in [9.17, 15) is 58.2 Å². The Labute approximate surface area is 434 Å². The van der Waals surface area contributed by atoms with Gasteiger partial charge in [0, 0.05) is 36.4 Å². The van der Waals surface area contributed by atoms with Gasteiger partial charge in [0.1, 0.15) is 42.0 Å². The molecule has 0 unspecified atom stereocenters. The number of fused-ring (bicyclic) bond motifs is 1. The van der Waals surface area contributed by atoms with E-state index in [1.165, 1.54) is 47.8 Å². The first kappa shape index (κ1) is 58.9. The Balaban J connectivity index is 1.53. The number of carbonyl (C=O) groups excluding carboxylic acids is 8. The van der Waals surface area contributed by atoms with Crippen LogP contribution in [0.3, 0.4) is 0 Å². The molecule has 4 aromatic rings. The van der Waals surface area contributed by atoms with Gasteiger partial charge >= 0.3 is 11.9 Å². The number of primary amides is 1. The van der Waals surface area contributed by atoms with Gasteiger partial charge in [0.15, 0.2) is 0 Å². The minimum atomic E-state index is -1.72. The number of aromatic nitrogens is 1. The lowest BCUT2D eigenvalue weighted by Crippen LogP contribution is -2.59. The molecule has 0 fully saturated rings. The molecule has 0 radical (unpaired) electrons. The van der Waals surface area contributed by atoms with E-state index in [1.807, 2.05) is 0 Å². The van der Waals surface area contributed by atoms with Gasteiger partial charge in [-0.15, -0.1) is 0 Å². The smallest absolute Gasteiger partial charge is 0.305 e. The Morgan fingerprint density at radius 3 is 1.64 bits per heavy atom. The van der Waals surface area contributed by atoms with E-state index in [-0.39, 0.29) is 37.9 Å². The Bertz CT molecular complexity index is 2600. The summed E-state index contributed by atoms with van der Waals surface area (Å²) in [6, 6.07) is 11.5. The molecule has 0 saturated carbocycles. The van der Waals surface area contributed by atoms with Crippen LogP contribution in [0.1, 0.15) is 42.4 Å². The summed E-state index contributed by atoms with van der Waals surface area (Å²) in [5, 5.41) is 46.9. The van der Waals surface area contributed by atoms with E-state index in [2.05, 4.69) is 42.2 Å². The average molecular weight is 1060 g/mol. The lowest BCUT2D eigenvalue weighted by atomic mass is 10.0. The van der Waals surface area contributed by atoms with Crippen molar-refractivity contribution in [2.24, 2.45) is 11.5 Å². The zero-order valence-electron chi connectivity index (χ0n) is 40.6. The average Bonchev–Trinajstić information content (AvgIpc) is 3.77. The molecule has 15 N–H and O–H groups in total. The van der Waals surface area contributed by atoms with Crippen molar-refractivity contribution in [3.05, 3.63) is 102 Å². The van der Waals surface area contributed by atoms with Crippen molar-refractivity contribution in [3.8, 4) is 5.75 Å². The van der Waals surface area contributed by atoms with Crippen molar-refractivity contribution in [2.45, 2.75) is 87.2 Å². The molecule has 7 atom stereocenters. The van der Waals surface area contributed by atoms with Crippen LogP contribution in [-0.4, -0.2) is 152 Å². The molecule has 74 heavy (non-hydrogen) atoms. The van der Waals surface area contributed by atoms with Crippen molar-refractivity contribution in [1.29, 1.82) is 0 Å². The first-order valence-corrected chi connectivity index (χ1v) is 26.0. The molecule has 3 aromatic carbocycles. The maximum absolute atomic E-state index is 14.3. The normalized spacial score (nSPS) is 13.8. The van der Waals surface area contributed by atoms with E-state index in [4.69, 9.17) is 16.6 Å². The number of rotatable bonds is 31. The summed E-state index contributed by atoms with van der Waals surface area (Å²) >= 11 is 2.68. The summed E-state index contributed by atoms with van der Waals surface area (Å²) in [5.74, 6) is -9.41. The maximum Gasteiger partial charge on any atom is 0.305 e. The van der Waals surface area contributed by atoms with E-state index in [1.54, 1.807) is 73.3 Å². The number of aliphatic carboxylic acids is 2. The predicted octanol–water partition coefficient (Wildman–Crippen LogP) is -0.805. The molecule has 0 saturated heterocycles. The Morgan fingerprint density at radius 2 is 1.04 bits per heavy atom. The lowest BCUT2D eigenvalue weighted by molar-refractivity contribution is -0.141. The molecular weight excluding hydrogens is 1000 g/mol. The number of thioether (sulfide) groups is 2. The molecule has 1 heterocycles. The highest BCUT2D eigenvalue weighted by molar-refractivity contribution is 7.98. The van der Waals surface area contributed by atoms with Crippen molar-refractivity contribution in [3.63, 3.8) is 0 Å². The number of carboxylic acid groups (broad SMARTS) is 2. The summed E-state index contributed by atoms with van der Waals surface area (Å²) < 4.78 is 0. The highest BCUT2D eigenvalue weighted by Crippen LogP contribution is 2.20. The van der Waals surface area contributed by atoms with Crippen LogP contribution in [0.5, 0.6) is 5.75 Å². The Hall–Kier alpha value is -7.64. The first-order chi connectivity index (χ1) is 35.3. The van der Waals surface area contributed by atoms with Gasteiger partial charge in [0.2, 0.25) is 47.3 Å². The predicted molar refractivity (Wildman–Crippen MR) is 276 cm³/mol. The summed E-state index contributed by atoms with van der Waals surface area (Å²) in [6.07, 6.45) is 3.24. The van der Waals surface area contributed by atoms with Crippen LogP contribution >= 0.6 is 23.5 Å². The zero-order chi connectivity index (χ0) is 54.3. The number of nitrogens with two attached hydrogens (primary N) is 2. The number of benzene rings is 3. The number of H-pyrrole nitrogens is 1. The van der Waals surface area contributed by atoms with E-state index < -0.39 is 121 Å². The number of nitrogens with one attached hydrogen (secondary N) is 8. The fourth-order valence-corrected chi connectivity index (χ4v) is 8.40. The molecule has 25 heteroatoms. The van der Waals surface area contributed by atoms with Crippen LogP contribution in [0.25, 0.3) is 10.9 Å². The minimum absolute atomic E-state index is 0.0142. The summed E-state index contributed by atoms with van der Waals surface area (Å²) in [5.41, 5.74) is 13.8. The first-order valence-electron chi connectivity index (χ1n) is 23.2. The molecule has 8 amide bonds. The van der Waals surface area contributed by atoms with Gasteiger partial charge in [-0.3, -0.25) is 47.9 Å². The molecule has 0 aliphatic carbocycles. The molecule has 4 rings (SSSR count). The van der Waals surface area contributed by atoms with Gasteiger partial charge in [-0.1, -0.05) is 60.7 Å². The second-order valence-corrected chi connectivity index (χ2v) is 19.0. The number of phenols is 1. The molecule has 1 aromatic heterocycles. The van der Waals surface area contributed by atoms with E-state index in [0.717, 1.165) is 0 Å². The Morgan fingerprint density at radius 1 is 0.554 bits per heavy atom. The minimum Gasteiger partial charge on any atom is -0.508 e. The largest absolute Gasteiger partial charge is 0.508 e. The maximum atomic E-state index is 14.3. The number of hydrogen-bond acceptors (Lipinski definition) is 14. The SMILES string of the molecule is CSCC[C@H](NC(=O)[C@@H](Cc1c[nH]c2ccccc12)NC(=O)CNC(=O)[C@@H](CCSC)NC(=O)[C@H](Cc1ccc(O)cc1)NC(=O)[C@@H](N)CC(=O)O)C(=O)N[C@@H](CC(=O)O)C(=O)N[C@H](Cc1ccccc1)C(N)=O. The van der Waals surface area contributed by atoms with Gasteiger partial charge in [-0.05, 0) is 71.7 Å². The number of carbonyl (C=O) groups is 10. The van der Waals surface area contributed by atoms with Gasteiger partial charge in [0.25, 0.3) is 0 Å². The zero-order valence-corrected chi connectivity index (χ0v) is 42.2. The second-order valence-electron chi connectivity index (χ2n) is 17.0. The van der Waals surface area contributed by atoms with E-state index in [0.29, 0.717) is 39.1 Å². The Kier molecular flexibility index (Phi) is 23.7. The van der Waals surface area contributed by atoms with Crippen LogP contribution in [0.2, 0.25) is 0 Å². The molecule has 0 spiro atoms. The van der Waals surface area contributed by atoms with Gasteiger partial charge in [-0.2, -0.15) is 23.5 Å².